The lowest BCUT2D eigenvalue weighted by molar-refractivity contribution is 0.0171. The minimum absolute atomic E-state index is 0.650. The third-order valence-electron chi connectivity index (χ3n) is 1.61. The molecule has 0 aliphatic carbocycles. The maximum atomic E-state index is 5.28. The Kier molecular flexibility index (Phi) is 6.52. The van der Waals surface area contributed by atoms with Crippen molar-refractivity contribution in [3.8, 4) is 11.8 Å². The molecule has 3 heteroatoms. The molecular weight excluding hydrogens is 168 g/mol. The smallest absolute Gasteiger partial charge is 0.0701 e. The van der Waals surface area contributed by atoms with Gasteiger partial charge in [-0.2, -0.15) is 0 Å². The fraction of sp³-hybridized carbons (Fsp3) is 0.800. The van der Waals surface area contributed by atoms with Crippen LogP contribution in [0, 0.1) is 11.8 Å². The van der Waals surface area contributed by atoms with E-state index in [1.165, 1.54) is 0 Å². The zero-order chi connectivity index (χ0) is 9.19. The van der Waals surface area contributed by atoms with E-state index in [1.807, 2.05) is 0 Å². The summed E-state index contributed by atoms with van der Waals surface area (Å²) in [6, 6.07) is 0. The molecule has 0 amide bonds. The molecule has 3 nitrogen and oxygen atoms in total. The minimum Gasteiger partial charge on any atom is -0.378 e. The average molecular weight is 184 g/mol. The van der Waals surface area contributed by atoms with Crippen molar-refractivity contribution in [2.75, 3.05) is 39.6 Å². The summed E-state index contributed by atoms with van der Waals surface area (Å²) in [5.41, 5.74) is 0. The van der Waals surface area contributed by atoms with Crippen molar-refractivity contribution in [2.45, 2.75) is 12.8 Å². The standard InChI is InChI=1S/C10H16O3/c1-2-4-6-12-8-10-13-9-7-11-5-3-1/h3-10H2. The van der Waals surface area contributed by atoms with E-state index < -0.39 is 0 Å². The molecule has 0 radical (unpaired) electrons. The highest BCUT2D eigenvalue weighted by Crippen LogP contribution is 1.87. The first-order valence-electron chi connectivity index (χ1n) is 4.69. The summed E-state index contributed by atoms with van der Waals surface area (Å²) in [7, 11) is 0. The predicted molar refractivity (Wildman–Crippen MR) is 49.5 cm³/mol. The van der Waals surface area contributed by atoms with E-state index in [4.69, 9.17) is 14.2 Å². The molecule has 0 saturated carbocycles. The molecule has 0 aromatic carbocycles. The topological polar surface area (TPSA) is 27.7 Å². The number of hydrogen-bond acceptors (Lipinski definition) is 3. The fourth-order valence-electron chi connectivity index (χ4n) is 0.965. The van der Waals surface area contributed by atoms with Gasteiger partial charge in [0.25, 0.3) is 0 Å². The third-order valence-corrected chi connectivity index (χ3v) is 1.61. The van der Waals surface area contributed by atoms with E-state index in [0.717, 1.165) is 12.8 Å². The van der Waals surface area contributed by atoms with Gasteiger partial charge in [-0.1, -0.05) is 0 Å². The molecule has 0 aromatic heterocycles. The molecule has 1 aliphatic rings. The van der Waals surface area contributed by atoms with Crippen molar-refractivity contribution in [1.82, 2.24) is 0 Å². The summed E-state index contributed by atoms with van der Waals surface area (Å²) in [6.07, 6.45) is 1.61. The summed E-state index contributed by atoms with van der Waals surface area (Å²) in [5.74, 6) is 6.06. The summed E-state index contributed by atoms with van der Waals surface area (Å²) < 4.78 is 15.8. The van der Waals surface area contributed by atoms with Crippen LogP contribution in [-0.2, 0) is 14.2 Å². The minimum atomic E-state index is 0.650. The van der Waals surface area contributed by atoms with Gasteiger partial charge in [0, 0.05) is 12.8 Å². The Morgan fingerprint density at radius 3 is 1.38 bits per heavy atom. The molecule has 1 rings (SSSR count). The third kappa shape index (κ3) is 6.59. The van der Waals surface area contributed by atoms with Crippen molar-refractivity contribution in [3.63, 3.8) is 0 Å². The number of hydrogen-bond donors (Lipinski definition) is 0. The van der Waals surface area contributed by atoms with E-state index in [2.05, 4.69) is 11.8 Å². The van der Waals surface area contributed by atoms with Crippen molar-refractivity contribution in [3.05, 3.63) is 0 Å². The second-order valence-corrected chi connectivity index (χ2v) is 2.69. The van der Waals surface area contributed by atoms with Crippen LogP contribution >= 0.6 is 0 Å². The first-order chi connectivity index (χ1) is 6.50. The Balaban J connectivity index is 2.12. The van der Waals surface area contributed by atoms with Crippen LogP contribution in [0.3, 0.4) is 0 Å². The molecule has 0 atom stereocenters. The fourth-order valence-corrected chi connectivity index (χ4v) is 0.965. The molecule has 13 heavy (non-hydrogen) atoms. The SMILES string of the molecule is C1#CCCOCCOCCOCC1. The molecule has 1 heterocycles. The Hall–Kier alpha value is -0.560. The van der Waals surface area contributed by atoms with Gasteiger partial charge in [-0.3, -0.25) is 0 Å². The molecule has 74 valence electrons. The van der Waals surface area contributed by atoms with Crippen LogP contribution in [0.15, 0.2) is 0 Å². The van der Waals surface area contributed by atoms with Crippen molar-refractivity contribution >= 4 is 0 Å². The number of rotatable bonds is 0. The van der Waals surface area contributed by atoms with Gasteiger partial charge >= 0.3 is 0 Å². The van der Waals surface area contributed by atoms with Gasteiger partial charge in [0.05, 0.1) is 39.6 Å². The molecular formula is C10H16O3. The summed E-state index contributed by atoms with van der Waals surface area (Å²) in [6.45, 7) is 4.02. The molecule has 0 saturated heterocycles. The van der Waals surface area contributed by atoms with Crippen LogP contribution in [0.5, 0.6) is 0 Å². The van der Waals surface area contributed by atoms with Gasteiger partial charge in [0.15, 0.2) is 0 Å². The zero-order valence-electron chi connectivity index (χ0n) is 7.88. The maximum Gasteiger partial charge on any atom is 0.0701 e. The van der Waals surface area contributed by atoms with E-state index in [0.29, 0.717) is 39.6 Å². The Morgan fingerprint density at radius 1 is 0.538 bits per heavy atom. The van der Waals surface area contributed by atoms with Crippen LogP contribution < -0.4 is 0 Å². The lowest BCUT2D eigenvalue weighted by atomic mass is 10.4. The Morgan fingerprint density at radius 2 is 0.923 bits per heavy atom. The lowest BCUT2D eigenvalue weighted by Gasteiger charge is -2.04. The molecule has 0 N–H and O–H groups in total. The highest BCUT2D eigenvalue weighted by atomic mass is 16.5. The lowest BCUT2D eigenvalue weighted by Crippen LogP contribution is -2.09. The van der Waals surface area contributed by atoms with Crippen LogP contribution in [0.25, 0.3) is 0 Å². The van der Waals surface area contributed by atoms with Gasteiger partial charge < -0.3 is 14.2 Å². The van der Waals surface area contributed by atoms with Gasteiger partial charge in [-0.05, 0) is 0 Å². The zero-order valence-corrected chi connectivity index (χ0v) is 7.88. The molecule has 0 unspecified atom stereocenters. The Labute approximate surface area is 79.4 Å². The normalized spacial score (nSPS) is 21.5. The monoisotopic (exact) mass is 184 g/mol. The quantitative estimate of drug-likeness (QED) is 0.522. The van der Waals surface area contributed by atoms with Crippen molar-refractivity contribution < 1.29 is 14.2 Å². The first-order valence-corrected chi connectivity index (χ1v) is 4.69. The summed E-state index contributed by atoms with van der Waals surface area (Å²) in [4.78, 5) is 0. The molecule has 0 fully saturated rings. The predicted octanol–water partition coefficient (Wildman–Crippen LogP) is 0.833. The highest BCUT2D eigenvalue weighted by molar-refractivity contribution is 4.98. The van der Waals surface area contributed by atoms with Crippen molar-refractivity contribution in [2.24, 2.45) is 0 Å². The van der Waals surface area contributed by atoms with Crippen LogP contribution in [-0.4, -0.2) is 39.6 Å². The van der Waals surface area contributed by atoms with E-state index in [-0.39, 0.29) is 0 Å². The van der Waals surface area contributed by atoms with Gasteiger partial charge in [0.1, 0.15) is 0 Å². The van der Waals surface area contributed by atoms with Crippen LogP contribution in [0.2, 0.25) is 0 Å². The highest BCUT2D eigenvalue weighted by Gasteiger charge is 1.91. The second-order valence-electron chi connectivity index (χ2n) is 2.69. The van der Waals surface area contributed by atoms with Crippen LogP contribution in [0.4, 0.5) is 0 Å². The number of ether oxygens (including phenoxy) is 3. The summed E-state index contributed by atoms with van der Waals surface area (Å²) in [5, 5.41) is 0. The van der Waals surface area contributed by atoms with Crippen molar-refractivity contribution in [1.29, 1.82) is 0 Å². The van der Waals surface area contributed by atoms with Gasteiger partial charge in [-0.25, -0.2) is 0 Å². The molecule has 0 aromatic rings. The van der Waals surface area contributed by atoms with Gasteiger partial charge in [-0.15, -0.1) is 11.8 Å². The molecule has 1 aliphatic heterocycles. The summed E-state index contributed by atoms with van der Waals surface area (Å²) >= 11 is 0. The van der Waals surface area contributed by atoms with E-state index >= 15 is 0 Å². The van der Waals surface area contributed by atoms with Crippen LogP contribution in [0.1, 0.15) is 12.8 Å². The largest absolute Gasteiger partial charge is 0.378 e. The average Bonchev–Trinajstić information content (AvgIpc) is 2.18. The van der Waals surface area contributed by atoms with E-state index in [1.54, 1.807) is 0 Å². The second kappa shape index (κ2) is 8.06. The van der Waals surface area contributed by atoms with Gasteiger partial charge in [0.2, 0.25) is 0 Å². The first kappa shape index (κ1) is 10.5. The maximum absolute atomic E-state index is 5.28. The van der Waals surface area contributed by atoms with E-state index in [9.17, 15) is 0 Å². The Bertz CT molecular complexity index is 153. The molecule has 0 spiro atoms. The molecule has 0 bridgehead atoms.